The Morgan fingerprint density at radius 3 is 2.81 bits per heavy atom. The number of carbonyl (C=O) groups excluding carboxylic acids is 1. The number of fused-ring (bicyclic) bond motifs is 1. The van der Waals surface area contributed by atoms with Crippen LogP contribution < -0.4 is 20.7 Å². The lowest BCUT2D eigenvalue weighted by atomic mass is 10.1. The van der Waals surface area contributed by atoms with Gasteiger partial charge in [-0.2, -0.15) is 9.97 Å². The molecule has 2 aromatic rings. The largest absolute Gasteiger partial charge is 0.463 e. The number of nitrogen functional groups attached to an aromatic ring is 1. The fourth-order valence-corrected chi connectivity index (χ4v) is 4.20. The Morgan fingerprint density at radius 1 is 1.26 bits per heavy atom. The van der Waals surface area contributed by atoms with Gasteiger partial charge in [-0.1, -0.05) is 44.5 Å². The van der Waals surface area contributed by atoms with Crippen molar-refractivity contribution in [2.24, 2.45) is 5.92 Å². The van der Waals surface area contributed by atoms with Crippen LogP contribution in [0.2, 0.25) is 0 Å². The number of amides is 1. The van der Waals surface area contributed by atoms with Crippen LogP contribution in [0.5, 0.6) is 6.01 Å². The third kappa shape index (κ3) is 5.25. The molecule has 0 radical (unpaired) electrons. The van der Waals surface area contributed by atoms with Gasteiger partial charge in [0.1, 0.15) is 5.69 Å². The number of benzene rings is 1. The topological polar surface area (TPSA) is 96.6 Å². The molecule has 2 aliphatic rings. The van der Waals surface area contributed by atoms with Crippen LogP contribution in [-0.2, 0) is 17.9 Å². The summed E-state index contributed by atoms with van der Waals surface area (Å²) in [4.78, 5) is 25.5. The molecule has 3 N–H and O–H groups in total. The number of unbranched alkanes of at least 4 members (excludes halogenated alkanes) is 1. The number of nitrogens with two attached hydrogens (primary N) is 1. The lowest BCUT2D eigenvalue weighted by molar-refractivity contribution is -0.115. The second kappa shape index (κ2) is 9.51. The van der Waals surface area contributed by atoms with E-state index in [1.54, 1.807) is 0 Å². The monoisotopic (exact) mass is 424 g/mol. The molecule has 8 nitrogen and oxygen atoms in total. The fraction of sp³-hybridized carbons (Fsp3) is 0.522. The first-order chi connectivity index (χ1) is 15.0. The maximum Gasteiger partial charge on any atom is 0.320 e. The van der Waals surface area contributed by atoms with Gasteiger partial charge < -0.3 is 20.7 Å². The highest BCUT2D eigenvalue weighted by atomic mass is 16.5. The molecule has 4 rings (SSSR count). The number of aromatic nitrogens is 2. The third-order valence-corrected chi connectivity index (χ3v) is 5.80. The summed E-state index contributed by atoms with van der Waals surface area (Å²) in [5, 5.41) is 2.81. The number of nitrogens with one attached hydrogen (secondary N) is 1. The molecule has 1 fully saturated rings. The highest BCUT2D eigenvalue weighted by molar-refractivity contribution is 6.03. The van der Waals surface area contributed by atoms with Crippen molar-refractivity contribution in [3.63, 3.8) is 0 Å². The van der Waals surface area contributed by atoms with Crippen molar-refractivity contribution in [1.29, 1.82) is 0 Å². The summed E-state index contributed by atoms with van der Waals surface area (Å²) in [5.74, 6) is 1.49. The van der Waals surface area contributed by atoms with E-state index in [0.29, 0.717) is 24.7 Å². The zero-order chi connectivity index (χ0) is 21.8. The summed E-state index contributed by atoms with van der Waals surface area (Å²) >= 11 is 0. The summed E-state index contributed by atoms with van der Waals surface area (Å²) in [6.07, 6.45) is 3.21. The van der Waals surface area contributed by atoms with Crippen molar-refractivity contribution in [3.8, 4) is 6.01 Å². The molecule has 0 aliphatic carbocycles. The van der Waals surface area contributed by atoms with E-state index < -0.39 is 0 Å². The minimum Gasteiger partial charge on any atom is -0.463 e. The van der Waals surface area contributed by atoms with Crippen LogP contribution in [0.1, 0.15) is 44.2 Å². The second-order valence-electron chi connectivity index (χ2n) is 8.65. The van der Waals surface area contributed by atoms with Gasteiger partial charge in [-0.25, -0.2) is 0 Å². The van der Waals surface area contributed by atoms with Crippen LogP contribution >= 0.6 is 0 Å². The Bertz CT molecular complexity index is 934. The van der Waals surface area contributed by atoms with E-state index >= 15 is 0 Å². The first-order valence-corrected chi connectivity index (χ1v) is 11.2. The van der Waals surface area contributed by atoms with E-state index in [9.17, 15) is 4.79 Å². The number of nitrogens with zero attached hydrogens (tertiary/aromatic N) is 4. The molecule has 1 amide bonds. The summed E-state index contributed by atoms with van der Waals surface area (Å²) in [7, 11) is 0. The van der Waals surface area contributed by atoms with Crippen molar-refractivity contribution in [2.45, 2.75) is 46.2 Å². The smallest absolute Gasteiger partial charge is 0.320 e. The molecule has 1 aromatic heterocycles. The van der Waals surface area contributed by atoms with Crippen molar-refractivity contribution >= 4 is 23.2 Å². The van der Waals surface area contributed by atoms with E-state index in [-0.39, 0.29) is 24.3 Å². The van der Waals surface area contributed by atoms with E-state index in [4.69, 9.17) is 10.5 Å². The Morgan fingerprint density at radius 2 is 2.06 bits per heavy atom. The normalized spacial score (nSPS) is 18.7. The quantitative estimate of drug-likeness (QED) is 0.629. The Kier molecular flexibility index (Phi) is 6.56. The van der Waals surface area contributed by atoms with E-state index in [2.05, 4.69) is 58.3 Å². The van der Waals surface area contributed by atoms with Gasteiger partial charge in [-0.15, -0.1) is 0 Å². The Labute approximate surface area is 183 Å². The molecular weight excluding hydrogens is 392 g/mol. The molecule has 1 atom stereocenters. The van der Waals surface area contributed by atoms with Crippen LogP contribution in [-0.4, -0.2) is 47.0 Å². The predicted octanol–water partition coefficient (Wildman–Crippen LogP) is 3.04. The number of rotatable bonds is 8. The molecule has 1 saturated heterocycles. The van der Waals surface area contributed by atoms with Gasteiger partial charge in [0, 0.05) is 19.6 Å². The molecule has 1 unspecified atom stereocenters. The van der Waals surface area contributed by atoms with Crippen molar-refractivity contribution in [2.75, 3.05) is 42.2 Å². The molecular formula is C23H32N6O2. The van der Waals surface area contributed by atoms with Crippen molar-refractivity contribution in [3.05, 3.63) is 35.4 Å². The number of hydrogen-bond acceptors (Lipinski definition) is 7. The van der Waals surface area contributed by atoms with Crippen LogP contribution in [0.3, 0.4) is 0 Å². The summed E-state index contributed by atoms with van der Waals surface area (Å²) < 4.78 is 5.67. The minimum absolute atomic E-state index is 0.121. The maximum absolute atomic E-state index is 12.3. The molecule has 0 saturated carbocycles. The standard InChI is InChI=1S/C23H32N6O2/c1-3-4-10-31-23-26-21(24)20-22(27-23)29(15-19(30)25-20)14-18-7-5-6-17(11-18)13-28-9-8-16(2)12-28/h5-7,11,16H,3-4,8-10,12-15H2,1-2H3,(H,25,30)(H2,24,26,27). The van der Waals surface area contributed by atoms with Gasteiger partial charge in [0.25, 0.3) is 0 Å². The molecule has 1 aromatic carbocycles. The molecule has 166 valence electrons. The highest BCUT2D eigenvalue weighted by Gasteiger charge is 2.27. The minimum atomic E-state index is -0.121. The van der Waals surface area contributed by atoms with E-state index in [1.165, 1.54) is 12.0 Å². The fourth-order valence-electron chi connectivity index (χ4n) is 4.20. The molecule has 2 aliphatic heterocycles. The number of hydrogen-bond donors (Lipinski definition) is 2. The van der Waals surface area contributed by atoms with Crippen molar-refractivity contribution < 1.29 is 9.53 Å². The summed E-state index contributed by atoms with van der Waals surface area (Å²) in [6.45, 7) is 8.99. The van der Waals surface area contributed by atoms with Gasteiger partial charge >= 0.3 is 6.01 Å². The lowest BCUT2D eigenvalue weighted by Crippen LogP contribution is -2.39. The molecule has 3 heterocycles. The highest BCUT2D eigenvalue weighted by Crippen LogP contribution is 2.34. The van der Waals surface area contributed by atoms with Gasteiger partial charge in [0.05, 0.1) is 13.2 Å². The number of anilines is 3. The maximum atomic E-state index is 12.3. The van der Waals surface area contributed by atoms with E-state index in [1.807, 2.05) is 4.90 Å². The Balaban J connectivity index is 1.52. The lowest BCUT2D eigenvalue weighted by Gasteiger charge is -2.30. The molecule has 0 spiro atoms. The number of carbonyl (C=O) groups is 1. The second-order valence-corrected chi connectivity index (χ2v) is 8.65. The van der Waals surface area contributed by atoms with Crippen molar-refractivity contribution in [1.82, 2.24) is 14.9 Å². The first kappa shape index (κ1) is 21.4. The summed E-state index contributed by atoms with van der Waals surface area (Å²) in [5.41, 5.74) is 9.00. The van der Waals surface area contributed by atoms with Crippen LogP contribution in [0.4, 0.5) is 17.3 Å². The SMILES string of the molecule is CCCCOc1nc(N)c2c(n1)N(Cc1cccc(CN3CCC(C)C3)c1)CC(=O)N2. The van der Waals surface area contributed by atoms with Gasteiger partial charge in [-0.05, 0) is 36.4 Å². The van der Waals surface area contributed by atoms with Crippen LogP contribution in [0.25, 0.3) is 0 Å². The van der Waals surface area contributed by atoms with Crippen LogP contribution in [0, 0.1) is 5.92 Å². The number of likely N-dealkylation sites (tertiary alicyclic amines) is 1. The van der Waals surface area contributed by atoms with E-state index in [0.717, 1.165) is 44.0 Å². The molecule has 31 heavy (non-hydrogen) atoms. The zero-order valence-electron chi connectivity index (χ0n) is 18.4. The molecule has 0 bridgehead atoms. The third-order valence-electron chi connectivity index (χ3n) is 5.80. The average molecular weight is 425 g/mol. The van der Waals surface area contributed by atoms with Gasteiger partial charge in [0.15, 0.2) is 11.6 Å². The van der Waals surface area contributed by atoms with Crippen LogP contribution in [0.15, 0.2) is 24.3 Å². The predicted molar refractivity (Wildman–Crippen MR) is 122 cm³/mol. The Hall–Kier alpha value is -2.87. The average Bonchev–Trinajstić information content (AvgIpc) is 3.14. The van der Waals surface area contributed by atoms with Gasteiger partial charge in [-0.3, -0.25) is 9.69 Å². The summed E-state index contributed by atoms with van der Waals surface area (Å²) in [6, 6.07) is 8.82. The first-order valence-electron chi connectivity index (χ1n) is 11.2. The van der Waals surface area contributed by atoms with Gasteiger partial charge in [0.2, 0.25) is 5.91 Å². The molecule has 8 heteroatoms. The zero-order valence-corrected chi connectivity index (χ0v) is 18.4. The number of ether oxygens (including phenoxy) is 1.